The van der Waals surface area contributed by atoms with Gasteiger partial charge >= 0.3 is 0 Å². The van der Waals surface area contributed by atoms with Gasteiger partial charge in [0.15, 0.2) is 5.96 Å². The predicted molar refractivity (Wildman–Crippen MR) is 104 cm³/mol. The Balaban J connectivity index is 1.58. The second-order valence-corrected chi connectivity index (χ2v) is 7.98. The van der Waals surface area contributed by atoms with Crippen LogP contribution in [0, 0.1) is 5.92 Å². The Bertz CT molecular complexity index is 569. The summed E-state index contributed by atoms with van der Waals surface area (Å²) in [4.78, 5) is 4.89. The molecule has 3 rings (SSSR count). The van der Waals surface area contributed by atoms with Crippen molar-refractivity contribution in [3.8, 4) is 0 Å². The van der Waals surface area contributed by atoms with Gasteiger partial charge < -0.3 is 10.6 Å². The summed E-state index contributed by atoms with van der Waals surface area (Å²) in [5.74, 6) is 1.77. The zero-order chi connectivity index (χ0) is 17.6. The Labute approximate surface area is 152 Å². The minimum absolute atomic E-state index is 0.436. The highest BCUT2D eigenvalue weighted by atomic mass is 15.3. The summed E-state index contributed by atoms with van der Waals surface area (Å²) in [6, 6.07) is 0.874. The zero-order valence-electron chi connectivity index (χ0n) is 16.2. The van der Waals surface area contributed by atoms with Crippen molar-refractivity contribution in [1.82, 2.24) is 20.4 Å². The molecule has 0 saturated heterocycles. The van der Waals surface area contributed by atoms with Crippen molar-refractivity contribution in [1.29, 1.82) is 0 Å². The van der Waals surface area contributed by atoms with Crippen molar-refractivity contribution in [2.45, 2.75) is 84.2 Å². The number of guanidine groups is 1. The predicted octanol–water partition coefficient (Wildman–Crippen LogP) is 3.46. The summed E-state index contributed by atoms with van der Waals surface area (Å²) in [5, 5.41) is 11.9. The van der Waals surface area contributed by atoms with Crippen molar-refractivity contribution in [2.24, 2.45) is 10.9 Å². The zero-order valence-corrected chi connectivity index (χ0v) is 16.2. The molecule has 0 aliphatic heterocycles. The van der Waals surface area contributed by atoms with E-state index in [1.54, 1.807) is 0 Å². The Morgan fingerprint density at radius 1 is 1.28 bits per heavy atom. The van der Waals surface area contributed by atoms with Crippen LogP contribution in [-0.2, 0) is 12.8 Å². The van der Waals surface area contributed by atoms with Crippen LogP contribution in [0.1, 0.15) is 76.6 Å². The number of aromatic nitrogens is 2. The number of fused-ring (bicyclic) bond motifs is 1. The maximum atomic E-state index is 4.89. The van der Waals surface area contributed by atoms with Crippen molar-refractivity contribution < 1.29 is 0 Å². The van der Waals surface area contributed by atoms with Gasteiger partial charge in [-0.25, -0.2) is 0 Å². The average Bonchev–Trinajstić information content (AvgIpc) is 3.04. The SMILES string of the molecule is CCNC(=NCC1CCCCC1)NC1CCc2cn(C(C)C)nc2C1. The standard InChI is InChI=1S/C20H35N5/c1-4-21-20(22-13-16-8-6-5-7-9-16)23-18-11-10-17-14-25(15(2)3)24-19(17)12-18/h14-16,18H,4-13H2,1-3H3,(H2,21,22,23). The van der Waals surface area contributed by atoms with Gasteiger partial charge in [0.05, 0.1) is 5.69 Å². The summed E-state index contributed by atoms with van der Waals surface area (Å²) in [7, 11) is 0. The number of nitrogens with zero attached hydrogens (tertiary/aromatic N) is 3. The number of hydrogen-bond acceptors (Lipinski definition) is 2. The molecule has 2 aliphatic rings. The minimum Gasteiger partial charge on any atom is -0.357 e. The molecule has 1 aromatic heterocycles. The van der Waals surface area contributed by atoms with E-state index in [0.29, 0.717) is 12.1 Å². The van der Waals surface area contributed by atoms with E-state index in [2.05, 4.69) is 42.3 Å². The molecule has 0 bridgehead atoms. The van der Waals surface area contributed by atoms with E-state index < -0.39 is 0 Å². The second kappa shape index (κ2) is 8.72. The Hall–Kier alpha value is -1.52. The number of rotatable bonds is 5. The van der Waals surface area contributed by atoms with E-state index in [-0.39, 0.29) is 0 Å². The minimum atomic E-state index is 0.436. The molecule has 1 atom stereocenters. The molecule has 5 nitrogen and oxygen atoms in total. The summed E-state index contributed by atoms with van der Waals surface area (Å²) < 4.78 is 2.11. The molecular formula is C20H35N5. The molecule has 140 valence electrons. The van der Waals surface area contributed by atoms with Gasteiger partial charge in [0.1, 0.15) is 0 Å². The van der Waals surface area contributed by atoms with Crippen molar-refractivity contribution in [3.05, 3.63) is 17.5 Å². The second-order valence-electron chi connectivity index (χ2n) is 7.98. The van der Waals surface area contributed by atoms with Gasteiger partial charge in [-0.15, -0.1) is 0 Å². The lowest BCUT2D eigenvalue weighted by atomic mass is 9.89. The first kappa shape index (κ1) is 18.3. The smallest absolute Gasteiger partial charge is 0.191 e. The molecule has 25 heavy (non-hydrogen) atoms. The van der Waals surface area contributed by atoms with Gasteiger partial charge in [-0.2, -0.15) is 5.10 Å². The lowest BCUT2D eigenvalue weighted by molar-refractivity contribution is 0.366. The van der Waals surface area contributed by atoms with Crippen LogP contribution >= 0.6 is 0 Å². The lowest BCUT2D eigenvalue weighted by Crippen LogP contribution is -2.46. The van der Waals surface area contributed by atoms with Crippen LogP contribution in [0.3, 0.4) is 0 Å². The molecule has 0 radical (unpaired) electrons. The molecule has 1 heterocycles. The summed E-state index contributed by atoms with van der Waals surface area (Å²) in [6.07, 6.45) is 12.4. The molecule has 1 saturated carbocycles. The van der Waals surface area contributed by atoms with Gasteiger partial charge in [0, 0.05) is 37.8 Å². The molecule has 0 spiro atoms. The maximum absolute atomic E-state index is 4.89. The van der Waals surface area contributed by atoms with Crippen molar-refractivity contribution >= 4 is 5.96 Å². The molecule has 1 unspecified atom stereocenters. The molecule has 0 aromatic carbocycles. The van der Waals surface area contributed by atoms with E-state index in [0.717, 1.165) is 44.2 Å². The fourth-order valence-corrected chi connectivity index (χ4v) is 4.00. The molecule has 2 aliphatic carbocycles. The average molecular weight is 346 g/mol. The molecule has 2 N–H and O–H groups in total. The van der Waals surface area contributed by atoms with Gasteiger partial charge in [-0.1, -0.05) is 19.3 Å². The van der Waals surface area contributed by atoms with Gasteiger partial charge in [0.2, 0.25) is 0 Å². The highest BCUT2D eigenvalue weighted by Gasteiger charge is 2.23. The molecule has 1 aromatic rings. The maximum Gasteiger partial charge on any atom is 0.191 e. The van der Waals surface area contributed by atoms with Crippen molar-refractivity contribution in [3.63, 3.8) is 0 Å². The van der Waals surface area contributed by atoms with Crippen molar-refractivity contribution in [2.75, 3.05) is 13.1 Å². The van der Waals surface area contributed by atoms with Crippen LogP contribution in [0.15, 0.2) is 11.2 Å². The third-order valence-electron chi connectivity index (χ3n) is 5.54. The van der Waals surface area contributed by atoms with Crippen LogP contribution in [0.2, 0.25) is 0 Å². The van der Waals surface area contributed by atoms with Crippen LogP contribution in [0.4, 0.5) is 0 Å². The highest BCUT2D eigenvalue weighted by Crippen LogP contribution is 2.24. The van der Waals surface area contributed by atoms with E-state index in [4.69, 9.17) is 10.1 Å². The number of aliphatic imine (C=N–C) groups is 1. The van der Waals surface area contributed by atoms with Gasteiger partial charge in [-0.05, 0) is 57.9 Å². The topological polar surface area (TPSA) is 54.2 Å². The first-order chi connectivity index (χ1) is 12.2. The molecule has 5 heteroatoms. The van der Waals surface area contributed by atoms with Gasteiger partial charge in [0.25, 0.3) is 0 Å². The molecule has 1 fully saturated rings. The van der Waals surface area contributed by atoms with Crippen LogP contribution in [0.5, 0.6) is 0 Å². The van der Waals surface area contributed by atoms with Crippen LogP contribution < -0.4 is 10.6 Å². The van der Waals surface area contributed by atoms with E-state index in [9.17, 15) is 0 Å². The largest absolute Gasteiger partial charge is 0.357 e. The Morgan fingerprint density at radius 2 is 2.08 bits per heavy atom. The normalized spacial score (nSPS) is 22.1. The first-order valence-corrected chi connectivity index (χ1v) is 10.3. The fraction of sp³-hybridized carbons (Fsp3) is 0.800. The highest BCUT2D eigenvalue weighted by molar-refractivity contribution is 5.80. The number of aryl methyl sites for hydroxylation is 1. The van der Waals surface area contributed by atoms with Crippen LogP contribution in [-0.4, -0.2) is 34.9 Å². The number of nitrogens with one attached hydrogen (secondary N) is 2. The Morgan fingerprint density at radius 3 is 2.80 bits per heavy atom. The summed E-state index contributed by atoms with van der Waals surface area (Å²) >= 11 is 0. The fourth-order valence-electron chi connectivity index (χ4n) is 4.00. The van der Waals surface area contributed by atoms with Gasteiger partial charge in [-0.3, -0.25) is 9.67 Å². The number of hydrogen-bond donors (Lipinski definition) is 2. The summed E-state index contributed by atoms with van der Waals surface area (Å²) in [6.45, 7) is 8.40. The third-order valence-corrected chi connectivity index (χ3v) is 5.54. The Kier molecular flexibility index (Phi) is 6.38. The van der Waals surface area contributed by atoms with E-state index in [1.807, 2.05) is 0 Å². The third kappa shape index (κ3) is 4.99. The quantitative estimate of drug-likeness (QED) is 0.635. The molecule has 0 amide bonds. The van der Waals surface area contributed by atoms with Crippen LogP contribution in [0.25, 0.3) is 0 Å². The monoisotopic (exact) mass is 345 g/mol. The summed E-state index contributed by atoms with van der Waals surface area (Å²) in [5.41, 5.74) is 2.69. The first-order valence-electron chi connectivity index (χ1n) is 10.3. The van der Waals surface area contributed by atoms with E-state index in [1.165, 1.54) is 43.4 Å². The van der Waals surface area contributed by atoms with E-state index >= 15 is 0 Å². The molecular weight excluding hydrogens is 310 g/mol. The lowest BCUT2D eigenvalue weighted by Gasteiger charge is -2.25.